The van der Waals surface area contributed by atoms with Gasteiger partial charge in [0.1, 0.15) is 0 Å². The average Bonchev–Trinajstić information content (AvgIpc) is 2.76. The van der Waals surface area contributed by atoms with E-state index in [0.717, 1.165) is 16.3 Å². The second kappa shape index (κ2) is 6.05. The minimum atomic E-state index is -0.176. The third-order valence-corrected chi connectivity index (χ3v) is 3.44. The van der Waals surface area contributed by atoms with Crippen LogP contribution in [0, 0.1) is 5.21 Å². The van der Waals surface area contributed by atoms with Crippen molar-refractivity contribution in [2.24, 2.45) is 0 Å². The highest BCUT2D eigenvalue weighted by molar-refractivity contribution is 5.79. The van der Waals surface area contributed by atoms with Crippen molar-refractivity contribution in [2.45, 2.75) is 13.1 Å². The number of hydrazine groups is 2. The smallest absolute Gasteiger partial charge is 0.252 e. The first-order valence-corrected chi connectivity index (χ1v) is 6.84. The van der Waals surface area contributed by atoms with E-state index in [2.05, 4.69) is 0 Å². The number of hydrogen-bond donors (Lipinski definition) is 0. The van der Waals surface area contributed by atoms with Crippen LogP contribution in [0.25, 0.3) is 0 Å². The summed E-state index contributed by atoms with van der Waals surface area (Å²) in [5.74, 6) is -0.176. The molecule has 1 saturated heterocycles. The van der Waals surface area contributed by atoms with E-state index >= 15 is 0 Å². The molecule has 0 radical (unpaired) electrons. The molecule has 0 aromatic heterocycles. The number of hydrogen-bond acceptors (Lipinski definition) is 4. The summed E-state index contributed by atoms with van der Waals surface area (Å²) in [4.78, 5) is 12.0. The number of hydroxylamine groups is 1. The Kier molecular flexibility index (Phi) is 3.96. The van der Waals surface area contributed by atoms with E-state index in [9.17, 15) is 10.0 Å². The standard InChI is InChI=1S/C16H16N3O2/c20-16-13-19(21)18(12-15-9-5-2-6-10-15)17(16)11-14-7-3-1-4-8-14/h1-10H,11-13H2/q-1. The molecular weight excluding hydrogens is 266 g/mol. The maximum absolute atomic E-state index is 12.0. The van der Waals surface area contributed by atoms with Crippen molar-refractivity contribution in [3.8, 4) is 0 Å². The lowest BCUT2D eigenvalue weighted by molar-refractivity contribution is -0.151. The van der Waals surface area contributed by atoms with Crippen molar-refractivity contribution in [1.29, 1.82) is 0 Å². The van der Waals surface area contributed by atoms with Crippen LogP contribution in [-0.2, 0) is 17.9 Å². The number of amides is 1. The van der Waals surface area contributed by atoms with Gasteiger partial charge in [0.05, 0.1) is 19.6 Å². The maximum atomic E-state index is 12.0. The first-order chi connectivity index (χ1) is 10.2. The zero-order valence-electron chi connectivity index (χ0n) is 11.6. The van der Waals surface area contributed by atoms with Crippen LogP contribution in [0.5, 0.6) is 0 Å². The fraction of sp³-hybridized carbons (Fsp3) is 0.188. The summed E-state index contributed by atoms with van der Waals surface area (Å²) in [5.41, 5.74) is 1.99. The zero-order chi connectivity index (χ0) is 14.7. The van der Waals surface area contributed by atoms with Gasteiger partial charge in [-0.25, -0.2) is 0 Å². The van der Waals surface area contributed by atoms with Gasteiger partial charge in [-0.15, -0.1) is 0 Å². The fourth-order valence-corrected chi connectivity index (χ4v) is 2.37. The molecule has 2 aromatic carbocycles. The lowest BCUT2D eigenvalue weighted by Gasteiger charge is -2.36. The molecule has 0 atom stereocenters. The lowest BCUT2D eigenvalue weighted by Crippen LogP contribution is -2.42. The highest BCUT2D eigenvalue weighted by Gasteiger charge is 2.30. The summed E-state index contributed by atoms with van der Waals surface area (Å²) in [6.07, 6.45) is 0. The van der Waals surface area contributed by atoms with Gasteiger partial charge in [-0.05, 0) is 11.1 Å². The molecule has 0 bridgehead atoms. The molecule has 5 nitrogen and oxygen atoms in total. The SMILES string of the molecule is O=C1CN([O-])N(Cc2ccccc2)N1Cc1ccccc1. The molecule has 1 fully saturated rings. The van der Waals surface area contributed by atoms with Crippen molar-refractivity contribution < 1.29 is 4.79 Å². The number of carbonyl (C=O) groups excluding carboxylic acids is 1. The Morgan fingerprint density at radius 1 is 0.857 bits per heavy atom. The molecule has 0 unspecified atom stereocenters. The Labute approximate surface area is 123 Å². The lowest BCUT2D eigenvalue weighted by atomic mass is 10.2. The third kappa shape index (κ3) is 3.11. The van der Waals surface area contributed by atoms with Crippen LogP contribution in [0.15, 0.2) is 60.7 Å². The predicted molar refractivity (Wildman–Crippen MR) is 79.1 cm³/mol. The summed E-state index contributed by atoms with van der Waals surface area (Å²) in [7, 11) is 0. The van der Waals surface area contributed by atoms with E-state index in [1.165, 1.54) is 10.1 Å². The minimum Gasteiger partial charge on any atom is -0.770 e. The van der Waals surface area contributed by atoms with E-state index in [0.29, 0.717) is 13.1 Å². The van der Waals surface area contributed by atoms with E-state index in [1.807, 2.05) is 60.7 Å². The normalized spacial score (nSPS) is 16.6. The Hall–Kier alpha value is -2.21. The molecule has 2 aromatic rings. The van der Waals surface area contributed by atoms with Gasteiger partial charge in [0, 0.05) is 0 Å². The fourth-order valence-electron chi connectivity index (χ4n) is 2.37. The van der Waals surface area contributed by atoms with Crippen molar-refractivity contribution >= 4 is 5.91 Å². The zero-order valence-corrected chi connectivity index (χ0v) is 11.6. The first kappa shape index (κ1) is 13.8. The van der Waals surface area contributed by atoms with Gasteiger partial charge < -0.3 is 5.21 Å². The monoisotopic (exact) mass is 282 g/mol. The van der Waals surface area contributed by atoms with Crippen LogP contribution in [0.1, 0.15) is 11.1 Å². The van der Waals surface area contributed by atoms with Gasteiger partial charge in [0.25, 0.3) is 5.91 Å². The molecule has 1 amide bonds. The van der Waals surface area contributed by atoms with Gasteiger partial charge >= 0.3 is 0 Å². The van der Waals surface area contributed by atoms with Crippen molar-refractivity contribution in [3.05, 3.63) is 77.0 Å². The molecule has 0 N–H and O–H groups in total. The van der Waals surface area contributed by atoms with Gasteiger partial charge in [-0.3, -0.25) is 15.0 Å². The molecule has 0 spiro atoms. The summed E-state index contributed by atoms with van der Waals surface area (Å²) in [5, 5.41) is 15.7. The summed E-state index contributed by atoms with van der Waals surface area (Å²) in [6.45, 7) is 0.674. The van der Waals surface area contributed by atoms with Crippen LogP contribution < -0.4 is 0 Å². The van der Waals surface area contributed by atoms with E-state index < -0.39 is 0 Å². The minimum absolute atomic E-state index is 0.125. The third-order valence-electron chi connectivity index (χ3n) is 3.44. The second-order valence-electron chi connectivity index (χ2n) is 4.96. The van der Waals surface area contributed by atoms with Gasteiger partial charge in [-0.2, -0.15) is 5.12 Å². The molecule has 5 heteroatoms. The Bertz CT molecular complexity index is 603. The Morgan fingerprint density at radius 3 is 1.95 bits per heavy atom. The van der Waals surface area contributed by atoms with Crippen LogP contribution in [0.4, 0.5) is 0 Å². The highest BCUT2D eigenvalue weighted by atomic mass is 16.6. The summed E-state index contributed by atoms with van der Waals surface area (Å²) < 4.78 is 0. The molecule has 3 rings (SSSR count). The number of nitrogens with zero attached hydrogens (tertiary/aromatic N) is 3. The average molecular weight is 282 g/mol. The summed E-state index contributed by atoms with van der Waals surface area (Å²) >= 11 is 0. The molecule has 1 aliphatic rings. The number of carbonyl (C=O) groups is 1. The highest BCUT2D eigenvalue weighted by Crippen LogP contribution is 2.19. The summed E-state index contributed by atoms with van der Waals surface area (Å²) in [6, 6.07) is 19.3. The van der Waals surface area contributed by atoms with Crippen LogP contribution in [0.3, 0.4) is 0 Å². The molecular formula is C16H16N3O2-. The van der Waals surface area contributed by atoms with Crippen LogP contribution >= 0.6 is 0 Å². The van der Waals surface area contributed by atoms with E-state index in [4.69, 9.17) is 0 Å². The molecule has 0 saturated carbocycles. The maximum Gasteiger partial charge on any atom is 0.252 e. The van der Waals surface area contributed by atoms with Gasteiger partial charge in [0.15, 0.2) is 0 Å². The largest absolute Gasteiger partial charge is 0.770 e. The molecule has 0 aliphatic carbocycles. The molecule has 1 heterocycles. The van der Waals surface area contributed by atoms with Crippen molar-refractivity contribution in [1.82, 2.24) is 15.3 Å². The molecule has 1 aliphatic heterocycles. The van der Waals surface area contributed by atoms with Crippen molar-refractivity contribution in [3.63, 3.8) is 0 Å². The van der Waals surface area contributed by atoms with Crippen LogP contribution in [-0.4, -0.2) is 27.8 Å². The Morgan fingerprint density at radius 2 is 1.38 bits per heavy atom. The van der Waals surface area contributed by atoms with Crippen LogP contribution in [0.2, 0.25) is 0 Å². The predicted octanol–water partition coefficient (Wildman–Crippen LogP) is 2.16. The second-order valence-corrected chi connectivity index (χ2v) is 4.96. The topological polar surface area (TPSA) is 49.9 Å². The molecule has 21 heavy (non-hydrogen) atoms. The number of benzene rings is 2. The number of rotatable bonds is 4. The van der Waals surface area contributed by atoms with Gasteiger partial charge in [-0.1, -0.05) is 60.7 Å². The van der Waals surface area contributed by atoms with E-state index in [-0.39, 0.29) is 12.5 Å². The van der Waals surface area contributed by atoms with E-state index in [1.54, 1.807) is 0 Å². The quantitative estimate of drug-likeness (QED) is 0.862. The first-order valence-electron chi connectivity index (χ1n) is 6.84. The van der Waals surface area contributed by atoms with Gasteiger partial charge in [0.2, 0.25) is 0 Å². The molecule has 108 valence electrons. The van der Waals surface area contributed by atoms with Crippen molar-refractivity contribution in [2.75, 3.05) is 6.54 Å². The Balaban J connectivity index is 1.78.